The summed E-state index contributed by atoms with van der Waals surface area (Å²) in [5.74, 6) is -0.768. The fraction of sp³-hybridized carbons (Fsp3) is 0.583. The van der Waals surface area contributed by atoms with Gasteiger partial charge in [-0.1, -0.05) is 25.1 Å². The normalized spacial score (nSPS) is 12.6. The summed E-state index contributed by atoms with van der Waals surface area (Å²) in [6.07, 6.45) is 1.47. The van der Waals surface area contributed by atoms with E-state index in [4.69, 9.17) is 14.3 Å². The Hall–Kier alpha value is -0.980. The van der Waals surface area contributed by atoms with E-state index >= 15 is 0 Å². The number of hydrogen-bond donors (Lipinski definition) is 2. The highest BCUT2D eigenvalue weighted by atomic mass is 32.2. The second-order valence-electron chi connectivity index (χ2n) is 3.82. The SMILES string of the molecule is CCCCOCC(O)CSc1ccc(C(=O)O)o1. The highest BCUT2D eigenvalue weighted by molar-refractivity contribution is 7.99. The zero-order chi connectivity index (χ0) is 13.4. The van der Waals surface area contributed by atoms with Gasteiger partial charge in [0.25, 0.3) is 0 Å². The first-order valence-corrected chi connectivity index (χ1v) is 6.83. The van der Waals surface area contributed by atoms with Crippen LogP contribution in [-0.4, -0.2) is 41.3 Å². The first kappa shape index (κ1) is 15.1. The van der Waals surface area contributed by atoms with Crippen molar-refractivity contribution in [2.45, 2.75) is 31.0 Å². The molecule has 0 spiro atoms. The third-order valence-electron chi connectivity index (χ3n) is 2.16. The highest BCUT2D eigenvalue weighted by Gasteiger charge is 2.11. The molecule has 0 aromatic carbocycles. The largest absolute Gasteiger partial charge is 0.475 e. The predicted octanol–water partition coefficient (Wildman–Crippen LogP) is 2.25. The van der Waals surface area contributed by atoms with E-state index in [1.54, 1.807) is 6.07 Å². The van der Waals surface area contributed by atoms with Crippen LogP contribution < -0.4 is 0 Å². The standard InChI is InChI=1S/C12H18O5S/c1-2-3-6-16-7-9(13)8-18-11-5-4-10(17-11)12(14)15/h4-5,9,13H,2-3,6-8H2,1H3,(H,14,15). The van der Waals surface area contributed by atoms with Crippen LogP contribution in [0.2, 0.25) is 0 Å². The van der Waals surface area contributed by atoms with Gasteiger partial charge in [0, 0.05) is 12.4 Å². The average molecular weight is 274 g/mol. The molecule has 0 saturated carbocycles. The quantitative estimate of drug-likeness (QED) is 0.531. The number of carboxylic acids is 1. The van der Waals surface area contributed by atoms with Gasteiger partial charge in [-0.15, -0.1) is 0 Å². The minimum Gasteiger partial charge on any atom is -0.475 e. The van der Waals surface area contributed by atoms with Crippen LogP contribution in [0.15, 0.2) is 21.6 Å². The van der Waals surface area contributed by atoms with Gasteiger partial charge in [-0.2, -0.15) is 0 Å². The summed E-state index contributed by atoms with van der Waals surface area (Å²) in [7, 11) is 0. The maximum Gasteiger partial charge on any atom is 0.371 e. The number of aliphatic hydroxyl groups is 1. The zero-order valence-corrected chi connectivity index (χ0v) is 11.1. The third-order valence-corrected chi connectivity index (χ3v) is 3.22. The molecule has 6 heteroatoms. The lowest BCUT2D eigenvalue weighted by Crippen LogP contribution is -2.18. The summed E-state index contributed by atoms with van der Waals surface area (Å²) in [5, 5.41) is 18.8. The number of ether oxygens (including phenoxy) is 1. The zero-order valence-electron chi connectivity index (χ0n) is 10.3. The minimum absolute atomic E-state index is 0.0915. The number of aromatic carboxylic acids is 1. The lowest BCUT2D eigenvalue weighted by Gasteiger charge is -2.09. The molecular formula is C12H18O5S. The maximum absolute atomic E-state index is 10.6. The summed E-state index contributed by atoms with van der Waals surface area (Å²) in [4.78, 5) is 10.6. The molecule has 1 heterocycles. The van der Waals surface area contributed by atoms with Crippen LogP contribution in [-0.2, 0) is 4.74 Å². The molecule has 0 fully saturated rings. The van der Waals surface area contributed by atoms with E-state index in [2.05, 4.69) is 6.92 Å². The lowest BCUT2D eigenvalue weighted by atomic mass is 10.3. The number of aliphatic hydroxyl groups excluding tert-OH is 1. The van der Waals surface area contributed by atoms with Gasteiger partial charge in [0.15, 0.2) is 5.09 Å². The molecule has 1 atom stereocenters. The molecule has 0 saturated heterocycles. The molecule has 0 aliphatic rings. The Bertz CT molecular complexity index is 363. The number of furan rings is 1. The van der Waals surface area contributed by atoms with Crippen LogP contribution in [0.1, 0.15) is 30.3 Å². The topological polar surface area (TPSA) is 79.9 Å². The fourth-order valence-electron chi connectivity index (χ4n) is 1.20. The van der Waals surface area contributed by atoms with Crippen LogP contribution in [0.25, 0.3) is 0 Å². The molecule has 0 amide bonds. The molecule has 18 heavy (non-hydrogen) atoms. The lowest BCUT2D eigenvalue weighted by molar-refractivity contribution is 0.0472. The Morgan fingerprint density at radius 3 is 2.94 bits per heavy atom. The van der Waals surface area contributed by atoms with E-state index in [-0.39, 0.29) is 5.76 Å². The summed E-state index contributed by atoms with van der Waals surface area (Å²) in [5.41, 5.74) is 0. The van der Waals surface area contributed by atoms with Gasteiger partial charge in [-0.3, -0.25) is 0 Å². The van der Waals surface area contributed by atoms with Crippen molar-refractivity contribution in [3.63, 3.8) is 0 Å². The van der Waals surface area contributed by atoms with Gasteiger partial charge in [-0.05, 0) is 18.6 Å². The van der Waals surface area contributed by atoms with Crippen LogP contribution in [0.5, 0.6) is 0 Å². The van der Waals surface area contributed by atoms with Crippen molar-refractivity contribution in [1.82, 2.24) is 0 Å². The van der Waals surface area contributed by atoms with Gasteiger partial charge in [0.2, 0.25) is 5.76 Å². The molecule has 1 unspecified atom stereocenters. The second-order valence-corrected chi connectivity index (χ2v) is 4.84. The average Bonchev–Trinajstić information content (AvgIpc) is 2.81. The molecule has 1 aromatic heterocycles. The van der Waals surface area contributed by atoms with E-state index in [9.17, 15) is 9.90 Å². The number of carboxylic acid groups (broad SMARTS) is 1. The third kappa shape index (κ3) is 5.57. The molecule has 1 rings (SSSR count). The molecule has 0 bridgehead atoms. The number of rotatable bonds is 9. The van der Waals surface area contributed by atoms with E-state index < -0.39 is 12.1 Å². The van der Waals surface area contributed by atoms with Crippen molar-refractivity contribution >= 4 is 17.7 Å². The van der Waals surface area contributed by atoms with E-state index in [1.165, 1.54) is 17.8 Å². The van der Waals surface area contributed by atoms with Crippen molar-refractivity contribution < 1.29 is 24.2 Å². The Morgan fingerprint density at radius 1 is 1.56 bits per heavy atom. The predicted molar refractivity (Wildman–Crippen MR) is 68.1 cm³/mol. The fourth-order valence-corrected chi connectivity index (χ4v) is 1.97. The van der Waals surface area contributed by atoms with E-state index in [1.807, 2.05) is 0 Å². The smallest absolute Gasteiger partial charge is 0.371 e. The number of carbonyl (C=O) groups is 1. The van der Waals surface area contributed by atoms with Crippen molar-refractivity contribution in [2.75, 3.05) is 19.0 Å². The summed E-state index contributed by atoms with van der Waals surface area (Å²) < 4.78 is 10.3. The molecule has 2 N–H and O–H groups in total. The van der Waals surface area contributed by atoms with Gasteiger partial charge in [0.05, 0.1) is 12.7 Å². The van der Waals surface area contributed by atoms with Crippen molar-refractivity contribution in [2.24, 2.45) is 0 Å². The van der Waals surface area contributed by atoms with Gasteiger partial charge in [0.1, 0.15) is 0 Å². The van der Waals surface area contributed by atoms with E-state index in [0.717, 1.165) is 12.8 Å². The summed E-state index contributed by atoms with van der Waals surface area (Å²) in [6.45, 7) is 3.02. The summed E-state index contributed by atoms with van der Waals surface area (Å²) >= 11 is 1.27. The Morgan fingerprint density at radius 2 is 2.33 bits per heavy atom. The molecule has 5 nitrogen and oxygen atoms in total. The van der Waals surface area contributed by atoms with Crippen LogP contribution in [0, 0.1) is 0 Å². The van der Waals surface area contributed by atoms with Crippen LogP contribution >= 0.6 is 11.8 Å². The van der Waals surface area contributed by atoms with Gasteiger partial charge in [-0.25, -0.2) is 4.79 Å². The molecule has 1 aromatic rings. The Labute approximate surface area is 110 Å². The highest BCUT2D eigenvalue weighted by Crippen LogP contribution is 2.21. The van der Waals surface area contributed by atoms with Crippen LogP contribution in [0.3, 0.4) is 0 Å². The first-order chi connectivity index (χ1) is 8.63. The molecular weight excluding hydrogens is 256 g/mol. The maximum atomic E-state index is 10.6. The Kier molecular flexibility index (Phi) is 6.85. The van der Waals surface area contributed by atoms with Crippen molar-refractivity contribution in [3.05, 3.63) is 17.9 Å². The van der Waals surface area contributed by atoms with Gasteiger partial charge < -0.3 is 19.4 Å². The number of hydrogen-bond acceptors (Lipinski definition) is 5. The van der Waals surface area contributed by atoms with Gasteiger partial charge >= 0.3 is 5.97 Å². The van der Waals surface area contributed by atoms with Crippen molar-refractivity contribution in [3.8, 4) is 0 Å². The van der Waals surface area contributed by atoms with E-state index in [0.29, 0.717) is 24.1 Å². The minimum atomic E-state index is -1.09. The molecule has 0 aliphatic heterocycles. The summed E-state index contributed by atoms with van der Waals surface area (Å²) in [6, 6.07) is 2.98. The Balaban J connectivity index is 2.20. The van der Waals surface area contributed by atoms with Crippen molar-refractivity contribution in [1.29, 1.82) is 0 Å². The number of unbranched alkanes of at least 4 members (excludes halogenated alkanes) is 1. The molecule has 0 radical (unpaired) electrons. The second kappa shape index (κ2) is 8.18. The first-order valence-electron chi connectivity index (χ1n) is 5.85. The molecule has 0 aliphatic carbocycles. The van der Waals surface area contributed by atoms with Crippen LogP contribution in [0.4, 0.5) is 0 Å². The monoisotopic (exact) mass is 274 g/mol. The number of thioether (sulfide) groups is 1. The molecule has 102 valence electrons.